The highest BCUT2D eigenvalue weighted by Crippen LogP contribution is 2.13. The number of hydrogen-bond donors (Lipinski definition) is 0. The fourth-order valence-electron chi connectivity index (χ4n) is 3.25. The number of carbonyl (C=O) groups is 2. The summed E-state index contributed by atoms with van der Waals surface area (Å²) < 4.78 is 26.7. The molecular weight excluding hydrogens is 350 g/mol. The topological polar surface area (TPSA) is 40.6 Å². The van der Waals surface area contributed by atoms with E-state index < -0.39 is 0 Å². The normalized spacial score (nSPS) is 14.7. The van der Waals surface area contributed by atoms with Gasteiger partial charge in [0.25, 0.3) is 5.91 Å². The molecule has 27 heavy (non-hydrogen) atoms. The van der Waals surface area contributed by atoms with Crippen LogP contribution in [-0.4, -0.2) is 47.8 Å². The van der Waals surface area contributed by atoms with E-state index in [-0.39, 0.29) is 29.9 Å². The van der Waals surface area contributed by atoms with E-state index in [1.807, 2.05) is 0 Å². The maximum absolute atomic E-state index is 13.7. The lowest BCUT2D eigenvalue weighted by Gasteiger charge is -2.22. The van der Waals surface area contributed by atoms with Gasteiger partial charge in [-0.1, -0.05) is 18.2 Å². The van der Waals surface area contributed by atoms with Crippen LogP contribution in [0.5, 0.6) is 0 Å². The Kier molecular flexibility index (Phi) is 6.16. The van der Waals surface area contributed by atoms with E-state index in [0.29, 0.717) is 50.1 Å². The summed E-state index contributed by atoms with van der Waals surface area (Å²) in [6.07, 6.45) is 1.28. The molecule has 1 saturated heterocycles. The summed E-state index contributed by atoms with van der Waals surface area (Å²) in [6, 6.07) is 11.9. The molecule has 6 heteroatoms. The van der Waals surface area contributed by atoms with Gasteiger partial charge in [-0.3, -0.25) is 9.59 Å². The van der Waals surface area contributed by atoms with Gasteiger partial charge in [0, 0.05) is 38.2 Å². The van der Waals surface area contributed by atoms with Crippen LogP contribution in [-0.2, 0) is 11.2 Å². The van der Waals surface area contributed by atoms with Crippen molar-refractivity contribution < 1.29 is 18.4 Å². The average molecular weight is 372 g/mol. The quantitative estimate of drug-likeness (QED) is 0.827. The Morgan fingerprint density at radius 2 is 1.52 bits per heavy atom. The minimum atomic E-state index is -0.381. The monoisotopic (exact) mass is 372 g/mol. The second kappa shape index (κ2) is 8.75. The lowest BCUT2D eigenvalue weighted by atomic mass is 10.1. The van der Waals surface area contributed by atoms with E-state index in [9.17, 15) is 18.4 Å². The molecule has 0 atom stereocenters. The maximum atomic E-state index is 13.7. The van der Waals surface area contributed by atoms with Gasteiger partial charge in [-0.15, -0.1) is 0 Å². The van der Waals surface area contributed by atoms with Crippen molar-refractivity contribution in [2.75, 3.05) is 26.2 Å². The predicted octanol–water partition coefficient (Wildman–Crippen LogP) is 3.27. The third kappa shape index (κ3) is 4.90. The molecule has 1 aliphatic rings. The summed E-state index contributed by atoms with van der Waals surface area (Å²) in [5.41, 5.74) is 0.976. The Hall–Kier alpha value is -2.76. The highest BCUT2D eigenvalue weighted by atomic mass is 19.1. The number of rotatable bonds is 4. The number of amides is 2. The van der Waals surface area contributed by atoms with Crippen LogP contribution < -0.4 is 0 Å². The second-order valence-electron chi connectivity index (χ2n) is 6.62. The smallest absolute Gasteiger partial charge is 0.253 e. The Labute approximate surface area is 157 Å². The molecule has 142 valence electrons. The molecule has 2 aromatic rings. The first-order chi connectivity index (χ1) is 13.0. The van der Waals surface area contributed by atoms with Crippen LogP contribution in [0.25, 0.3) is 0 Å². The Balaban J connectivity index is 1.54. The third-order valence-electron chi connectivity index (χ3n) is 4.79. The number of benzene rings is 2. The maximum Gasteiger partial charge on any atom is 0.253 e. The highest BCUT2D eigenvalue weighted by Gasteiger charge is 2.22. The van der Waals surface area contributed by atoms with Crippen LogP contribution in [0.2, 0.25) is 0 Å². The molecule has 1 heterocycles. The van der Waals surface area contributed by atoms with Crippen molar-refractivity contribution in [1.29, 1.82) is 0 Å². The first-order valence-corrected chi connectivity index (χ1v) is 9.10. The average Bonchev–Trinajstić information content (AvgIpc) is 2.93. The number of carbonyl (C=O) groups excluding carboxylic acids is 2. The van der Waals surface area contributed by atoms with E-state index in [2.05, 4.69) is 0 Å². The van der Waals surface area contributed by atoms with Crippen LogP contribution in [0, 0.1) is 11.6 Å². The molecule has 3 rings (SSSR count). The lowest BCUT2D eigenvalue weighted by Crippen LogP contribution is -2.37. The van der Waals surface area contributed by atoms with E-state index in [0.717, 1.165) is 0 Å². The summed E-state index contributed by atoms with van der Waals surface area (Å²) in [5.74, 6) is -0.865. The first kappa shape index (κ1) is 19.0. The van der Waals surface area contributed by atoms with Crippen LogP contribution in [0.4, 0.5) is 8.78 Å². The molecule has 0 bridgehead atoms. The van der Waals surface area contributed by atoms with Crippen LogP contribution >= 0.6 is 0 Å². The first-order valence-electron chi connectivity index (χ1n) is 9.10. The fraction of sp³-hybridized carbons (Fsp3) is 0.333. The molecule has 0 N–H and O–H groups in total. The molecule has 2 aromatic carbocycles. The predicted molar refractivity (Wildman–Crippen MR) is 98.2 cm³/mol. The van der Waals surface area contributed by atoms with Crippen molar-refractivity contribution in [2.24, 2.45) is 0 Å². The van der Waals surface area contributed by atoms with Gasteiger partial charge in [0.2, 0.25) is 5.91 Å². The standard InChI is InChI=1S/C21H22F2N2O2/c22-18-9-6-17(7-10-18)21(27)25-13-3-12-24(14-15-25)20(26)11-8-16-4-1-2-5-19(16)23/h1-2,4-7,9-10H,3,8,11-15H2. The molecule has 2 amide bonds. The van der Waals surface area contributed by atoms with Gasteiger partial charge in [0.1, 0.15) is 11.6 Å². The minimum Gasteiger partial charge on any atom is -0.341 e. The summed E-state index contributed by atoms with van der Waals surface area (Å²) in [5, 5.41) is 0. The van der Waals surface area contributed by atoms with Gasteiger partial charge >= 0.3 is 0 Å². The van der Waals surface area contributed by atoms with Gasteiger partial charge in [0.05, 0.1) is 0 Å². The number of nitrogens with zero attached hydrogens (tertiary/aromatic N) is 2. The Morgan fingerprint density at radius 3 is 2.26 bits per heavy atom. The van der Waals surface area contributed by atoms with Crippen molar-refractivity contribution in [3.8, 4) is 0 Å². The molecule has 1 aliphatic heterocycles. The largest absolute Gasteiger partial charge is 0.341 e. The van der Waals surface area contributed by atoms with Gasteiger partial charge < -0.3 is 9.80 Å². The van der Waals surface area contributed by atoms with Gasteiger partial charge in [-0.25, -0.2) is 8.78 Å². The van der Waals surface area contributed by atoms with E-state index in [1.54, 1.807) is 28.0 Å². The second-order valence-corrected chi connectivity index (χ2v) is 6.62. The summed E-state index contributed by atoms with van der Waals surface area (Å²) in [6.45, 7) is 2.00. The van der Waals surface area contributed by atoms with Crippen molar-refractivity contribution >= 4 is 11.8 Å². The molecule has 0 aliphatic carbocycles. The minimum absolute atomic E-state index is 0.0330. The van der Waals surface area contributed by atoms with Gasteiger partial charge in [-0.2, -0.15) is 0 Å². The van der Waals surface area contributed by atoms with Crippen LogP contribution in [0.1, 0.15) is 28.8 Å². The summed E-state index contributed by atoms with van der Waals surface area (Å²) in [4.78, 5) is 28.5. The van der Waals surface area contributed by atoms with Gasteiger partial charge in [0.15, 0.2) is 0 Å². The van der Waals surface area contributed by atoms with E-state index in [4.69, 9.17) is 0 Å². The Bertz CT molecular complexity index is 808. The molecule has 0 radical (unpaired) electrons. The van der Waals surface area contributed by atoms with Crippen LogP contribution in [0.3, 0.4) is 0 Å². The molecule has 4 nitrogen and oxygen atoms in total. The van der Waals surface area contributed by atoms with Crippen molar-refractivity contribution in [3.05, 3.63) is 71.3 Å². The third-order valence-corrected chi connectivity index (χ3v) is 4.79. The van der Waals surface area contributed by atoms with E-state index in [1.165, 1.54) is 30.3 Å². The SMILES string of the molecule is O=C(CCc1ccccc1F)N1CCCN(C(=O)c2ccc(F)cc2)CC1. The molecular formula is C21H22F2N2O2. The van der Waals surface area contributed by atoms with Crippen molar-refractivity contribution in [3.63, 3.8) is 0 Å². The zero-order valence-electron chi connectivity index (χ0n) is 15.0. The van der Waals surface area contributed by atoms with E-state index >= 15 is 0 Å². The van der Waals surface area contributed by atoms with Crippen LogP contribution in [0.15, 0.2) is 48.5 Å². The zero-order chi connectivity index (χ0) is 19.2. The highest BCUT2D eigenvalue weighted by molar-refractivity contribution is 5.94. The van der Waals surface area contributed by atoms with Crippen molar-refractivity contribution in [2.45, 2.75) is 19.3 Å². The molecule has 0 spiro atoms. The lowest BCUT2D eigenvalue weighted by molar-refractivity contribution is -0.131. The number of aryl methyl sites for hydroxylation is 1. The summed E-state index contributed by atoms with van der Waals surface area (Å²) >= 11 is 0. The molecule has 0 saturated carbocycles. The molecule has 1 fully saturated rings. The van der Waals surface area contributed by atoms with Gasteiger partial charge in [-0.05, 0) is 48.7 Å². The Morgan fingerprint density at radius 1 is 0.852 bits per heavy atom. The zero-order valence-corrected chi connectivity index (χ0v) is 15.0. The van der Waals surface area contributed by atoms with Crippen molar-refractivity contribution in [1.82, 2.24) is 9.80 Å². The fourth-order valence-corrected chi connectivity index (χ4v) is 3.25. The number of hydrogen-bond acceptors (Lipinski definition) is 2. The molecule has 0 unspecified atom stereocenters. The number of halogens is 2. The molecule has 0 aromatic heterocycles. The summed E-state index contributed by atoms with van der Waals surface area (Å²) in [7, 11) is 0.